The highest BCUT2D eigenvalue weighted by atomic mass is 32.2. The van der Waals surface area contributed by atoms with Gasteiger partial charge in [0.15, 0.2) is 11.6 Å². The maximum Gasteiger partial charge on any atom is 0.263 e. The lowest BCUT2D eigenvalue weighted by Gasteiger charge is -2.42. The minimum absolute atomic E-state index is 0.0300. The molecule has 2 aromatic rings. The van der Waals surface area contributed by atoms with E-state index in [4.69, 9.17) is 12.2 Å². The van der Waals surface area contributed by atoms with Crippen LogP contribution in [0.25, 0.3) is 17.2 Å². The molecule has 1 aliphatic carbocycles. The third kappa shape index (κ3) is 3.75. The van der Waals surface area contributed by atoms with Crippen LogP contribution in [0.1, 0.15) is 62.8 Å². The highest BCUT2D eigenvalue weighted by molar-refractivity contribution is 8.26. The number of thioether (sulfide) groups is 1. The number of thiocarbonyl (C=S) groups is 1. The molecule has 3 nitrogen and oxygen atoms in total. The molecule has 0 spiro atoms. The van der Waals surface area contributed by atoms with Gasteiger partial charge in [-0.1, -0.05) is 57.7 Å². The standard InChI is InChI=1S/C25H25F2NO2S2/c1-12-8-15-16(25(4,5)7-6-24(15,2)3)11-14(12)19-20(27)13(9-17(26)21(19)29)10-18-22(30)28-23(31)32-18/h8-11,29H,6-7H2,1-5H3,(H,28,30,31). The van der Waals surface area contributed by atoms with Crippen LogP contribution in [0.4, 0.5) is 8.78 Å². The van der Waals surface area contributed by atoms with Gasteiger partial charge in [-0.3, -0.25) is 4.79 Å². The topological polar surface area (TPSA) is 49.3 Å². The van der Waals surface area contributed by atoms with E-state index in [1.165, 1.54) is 11.6 Å². The van der Waals surface area contributed by atoms with Crippen LogP contribution < -0.4 is 5.32 Å². The number of aromatic hydroxyl groups is 1. The summed E-state index contributed by atoms with van der Waals surface area (Å²) in [5.74, 6) is -2.92. The number of hydrogen-bond acceptors (Lipinski definition) is 4. The van der Waals surface area contributed by atoms with Crippen molar-refractivity contribution in [3.8, 4) is 16.9 Å². The number of phenols is 1. The average Bonchev–Trinajstić information content (AvgIpc) is 3.01. The Morgan fingerprint density at radius 2 is 1.69 bits per heavy atom. The largest absolute Gasteiger partial charge is 0.504 e. The molecule has 4 rings (SSSR count). The summed E-state index contributed by atoms with van der Waals surface area (Å²) in [5.41, 5.74) is 3.00. The molecule has 1 saturated heterocycles. The second-order valence-electron chi connectivity index (χ2n) is 9.82. The van der Waals surface area contributed by atoms with Gasteiger partial charge in [-0.05, 0) is 71.1 Å². The van der Waals surface area contributed by atoms with Crippen molar-refractivity contribution < 1.29 is 18.7 Å². The lowest BCUT2D eigenvalue weighted by molar-refractivity contribution is -0.115. The van der Waals surface area contributed by atoms with Gasteiger partial charge in [0.25, 0.3) is 5.91 Å². The summed E-state index contributed by atoms with van der Waals surface area (Å²) in [7, 11) is 0. The SMILES string of the molecule is Cc1cc2c(cc1-c1c(O)c(F)cc(C=C3SC(=S)NC3=O)c1F)C(C)(C)CCC2(C)C. The summed E-state index contributed by atoms with van der Waals surface area (Å²) in [6.07, 6.45) is 3.27. The Balaban J connectivity index is 1.95. The molecule has 1 aliphatic heterocycles. The first kappa shape index (κ1) is 22.9. The van der Waals surface area contributed by atoms with E-state index >= 15 is 4.39 Å². The monoisotopic (exact) mass is 473 g/mol. The van der Waals surface area contributed by atoms with Gasteiger partial charge < -0.3 is 10.4 Å². The number of fused-ring (bicyclic) bond motifs is 1. The van der Waals surface area contributed by atoms with E-state index in [0.29, 0.717) is 5.56 Å². The number of amides is 1. The average molecular weight is 474 g/mol. The summed E-state index contributed by atoms with van der Waals surface area (Å²) in [5, 5.41) is 13.0. The van der Waals surface area contributed by atoms with Crippen LogP contribution in [-0.2, 0) is 15.6 Å². The van der Waals surface area contributed by atoms with Crippen LogP contribution in [0.3, 0.4) is 0 Å². The predicted molar refractivity (Wildman–Crippen MR) is 130 cm³/mol. The van der Waals surface area contributed by atoms with Crippen LogP contribution in [0.5, 0.6) is 5.75 Å². The molecule has 168 valence electrons. The zero-order valence-electron chi connectivity index (χ0n) is 18.7. The molecule has 0 aromatic heterocycles. The lowest BCUT2D eigenvalue weighted by Crippen LogP contribution is -2.34. The first-order valence-electron chi connectivity index (χ1n) is 10.4. The first-order chi connectivity index (χ1) is 14.8. The number of benzene rings is 2. The molecule has 32 heavy (non-hydrogen) atoms. The summed E-state index contributed by atoms with van der Waals surface area (Å²) in [6.45, 7) is 10.5. The zero-order chi connectivity index (χ0) is 23.6. The van der Waals surface area contributed by atoms with Crippen LogP contribution in [0.15, 0.2) is 23.1 Å². The summed E-state index contributed by atoms with van der Waals surface area (Å²) in [6, 6.07) is 4.83. The molecule has 1 fully saturated rings. The van der Waals surface area contributed by atoms with Crippen molar-refractivity contribution in [2.45, 2.75) is 58.3 Å². The third-order valence-corrected chi connectivity index (χ3v) is 7.78. The minimum Gasteiger partial charge on any atom is -0.504 e. The highest BCUT2D eigenvalue weighted by Crippen LogP contribution is 2.49. The number of nitrogens with one attached hydrogen (secondary N) is 1. The summed E-state index contributed by atoms with van der Waals surface area (Å²) < 4.78 is 30.7. The van der Waals surface area contributed by atoms with Crippen LogP contribution in [-0.4, -0.2) is 15.3 Å². The fourth-order valence-electron chi connectivity index (χ4n) is 4.54. The van der Waals surface area contributed by atoms with Gasteiger partial charge in [0, 0.05) is 5.56 Å². The molecule has 7 heteroatoms. The predicted octanol–water partition coefficient (Wildman–Crippen LogP) is 6.48. The van der Waals surface area contributed by atoms with E-state index in [9.17, 15) is 14.3 Å². The molecule has 0 bridgehead atoms. The molecule has 2 aromatic carbocycles. The van der Waals surface area contributed by atoms with Crippen molar-refractivity contribution in [2.75, 3.05) is 0 Å². The second kappa shape index (κ2) is 7.66. The molecule has 0 radical (unpaired) electrons. The number of rotatable bonds is 2. The zero-order valence-corrected chi connectivity index (χ0v) is 20.3. The number of halogens is 2. The number of carbonyl (C=O) groups excluding carboxylic acids is 1. The van der Waals surface area contributed by atoms with Gasteiger partial charge >= 0.3 is 0 Å². The quantitative estimate of drug-likeness (QED) is 0.387. The normalized spacial score (nSPS) is 20.4. The lowest BCUT2D eigenvalue weighted by atomic mass is 9.62. The Bertz CT molecular complexity index is 1220. The molecule has 2 N–H and O–H groups in total. The smallest absolute Gasteiger partial charge is 0.263 e. The Morgan fingerprint density at radius 3 is 2.25 bits per heavy atom. The van der Waals surface area contributed by atoms with Gasteiger partial charge in [0.2, 0.25) is 0 Å². The summed E-state index contributed by atoms with van der Waals surface area (Å²) in [4.78, 5) is 12.2. The third-order valence-electron chi connectivity index (χ3n) is 6.61. The number of phenolic OH excluding ortho intramolecular Hbond substituents is 1. The fourth-order valence-corrected chi connectivity index (χ4v) is 5.58. The molecule has 0 saturated carbocycles. The highest BCUT2D eigenvalue weighted by Gasteiger charge is 2.38. The number of carbonyl (C=O) groups is 1. The van der Waals surface area contributed by atoms with E-state index < -0.39 is 23.3 Å². The van der Waals surface area contributed by atoms with Crippen molar-refractivity contribution in [2.24, 2.45) is 0 Å². The molecule has 1 heterocycles. The molecule has 1 amide bonds. The van der Waals surface area contributed by atoms with Gasteiger partial charge in [-0.2, -0.15) is 0 Å². The fraction of sp³-hybridized carbons (Fsp3) is 0.360. The van der Waals surface area contributed by atoms with Gasteiger partial charge in [-0.25, -0.2) is 8.78 Å². The molecule has 2 aliphatic rings. The van der Waals surface area contributed by atoms with E-state index in [-0.39, 0.29) is 31.2 Å². The maximum atomic E-state index is 15.7. The van der Waals surface area contributed by atoms with Crippen LogP contribution >= 0.6 is 24.0 Å². The summed E-state index contributed by atoms with van der Waals surface area (Å²) >= 11 is 5.96. The van der Waals surface area contributed by atoms with Crippen LogP contribution in [0.2, 0.25) is 0 Å². The first-order valence-corrected chi connectivity index (χ1v) is 11.7. The van der Waals surface area contributed by atoms with Crippen molar-refractivity contribution in [1.82, 2.24) is 5.32 Å². The maximum absolute atomic E-state index is 15.7. The van der Waals surface area contributed by atoms with Crippen molar-refractivity contribution in [1.29, 1.82) is 0 Å². The minimum atomic E-state index is -0.948. The number of aryl methyl sites for hydroxylation is 1. The Hall–Kier alpha value is -2.25. The van der Waals surface area contributed by atoms with E-state index in [2.05, 4.69) is 33.0 Å². The second-order valence-corrected chi connectivity index (χ2v) is 11.5. The van der Waals surface area contributed by atoms with E-state index in [1.807, 2.05) is 19.1 Å². The molecular formula is C25H25F2NO2S2. The molecule has 0 atom stereocenters. The Morgan fingerprint density at radius 1 is 1.09 bits per heavy atom. The van der Waals surface area contributed by atoms with Crippen molar-refractivity contribution in [3.05, 3.63) is 57.0 Å². The molecular weight excluding hydrogens is 448 g/mol. The van der Waals surface area contributed by atoms with Gasteiger partial charge in [-0.15, -0.1) is 0 Å². The Labute approximate surface area is 196 Å². The Kier molecular flexibility index (Phi) is 5.49. The van der Waals surface area contributed by atoms with Crippen LogP contribution in [0, 0.1) is 18.6 Å². The van der Waals surface area contributed by atoms with Crippen molar-refractivity contribution >= 4 is 40.3 Å². The van der Waals surface area contributed by atoms with E-state index in [1.54, 1.807) is 0 Å². The van der Waals surface area contributed by atoms with Gasteiger partial charge in [0.05, 0.1) is 10.5 Å². The number of hydrogen-bond donors (Lipinski definition) is 2. The molecule has 0 unspecified atom stereocenters. The van der Waals surface area contributed by atoms with Crippen molar-refractivity contribution in [3.63, 3.8) is 0 Å². The van der Waals surface area contributed by atoms with E-state index in [0.717, 1.165) is 41.8 Å². The van der Waals surface area contributed by atoms with Gasteiger partial charge in [0.1, 0.15) is 10.1 Å².